The van der Waals surface area contributed by atoms with Gasteiger partial charge in [0.2, 0.25) is 11.8 Å². The number of carbonyl (C=O) groups excluding carboxylic acids is 3. The Kier molecular flexibility index (Phi) is 3.36. The summed E-state index contributed by atoms with van der Waals surface area (Å²) in [5, 5.41) is 4.84. The molecule has 5 nitrogen and oxygen atoms in total. The SMILES string of the molecule is O=C1NC(=O)[C@H]2[C@H]1[C@H]1C=Cc3cc(Cl)ccc3N1[C@H]2C(=O)c1cccs1. The number of carbonyl (C=O) groups is 3. The fraction of sp³-hybridized carbons (Fsp3) is 0.211. The summed E-state index contributed by atoms with van der Waals surface area (Å²) >= 11 is 7.45. The lowest BCUT2D eigenvalue weighted by Crippen LogP contribution is -2.47. The fourth-order valence-electron chi connectivity index (χ4n) is 4.33. The molecule has 0 radical (unpaired) electrons. The number of nitrogens with zero attached hydrogens (tertiary/aromatic N) is 1. The van der Waals surface area contributed by atoms with Crippen LogP contribution in [0.4, 0.5) is 5.69 Å². The average Bonchev–Trinajstić information content (AvgIpc) is 3.31. The monoisotopic (exact) mass is 384 g/mol. The second-order valence-corrected chi connectivity index (χ2v) is 8.04. The van der Waals surface area contributed by atoms with Gasteiger partial charge in [-0.3, -0.25) is 19.7 Å². The molecule has 0 spiro atoms. The number of hydrogen-bond acceptors (Lipinski definition) is 5. The van der Waals surface area contributed by atoms with Gasteiger partial charge in [-0.15, -0.1) is 11.3 Å². The Morgan fingerprint density at radius 2 is 1.96 bits per heavy atom. The van der Waals surface area contributed by atoms with Crippen molar-refractivity contribution in [3.63, 3.8) is 0 Å². The zero-order valence-corrected chi connectivity index (χ0v) is 15.0. The van der Waals surface area contributed by atoms with Crippen LogP contribution in [0.2, 0.25) is 5.02 Å². The number of halogens is 1. The van der Waals surface area contributed by atoms with Gasteiger partial charge < -0.3 is 4.90 Å². The lowest BCUT2D eigenvalue weighted by Gasteiger charge is -2.35. The number of fused-ring (bicyclic) bond motifs is 5. The van der Waals surface area contributed by atoms with Crippen LogP contribution in [0.3, 0.4) is 0 Å². The van der Waals surface area contributed by atoms with Crippen LogP contribution >= 0.6 is 22.9 Å². The van der Waals surface area contributed by atoms with E-state index in [1.165, 1.54) is 11.3 Å². The minimum Gasteiger partial charge on any atom is -0.352 e. The molecule has 3 aliphatic heterocycles. The van der Waals surface area contributed by atoms with Crippen LogP contribution in [0.25, 0.3) is 6.08 Å². The first-order valence-corrected chi connectivity index (χ1v) is 9.50. The zero-order valence-electron chi connectivity index (χ0n) is 13.4. The van der Waals surface area contributed by atoms with Crippen molar-refractivity contribution >= 4 is 52.3 Å². The van der Waals surface area contributed by atoms with Gasteiger partial charge in [-0.2, -0.15) is 0 Å². The van der Waals surface area contributed by atoms with Gasteiger partial charge in [0.05, 0.1) is 22.8 Å². The third-order valence-electron chi connectivity index (χ3n) is 5.34. The van der Waals surface area contributed by atoms with E-state index in [0.29, 0.717) is 9.90 Å². The van der Waals surface area contributed by atoms with E-state index in [1.807, 2.05) is 40.6 Å². The van der Waals surface area contributed by atoms with Crippen molar-refractivity contribution in [1.29, 1.82) is 0 Å². The predicted molar refractivity (Wildman–Crippen MR) is 99.3 cm³/mol. The fourth-order valence-corrected chi connectivity index (χ4v) is 5.20. The number of Topliss-reactive ketones (excluding diaryl/α,β-unsaturated/α-hetero) is 1. The van der Waals surface area contributed by atoms with Crippen molar-refractivity contribution in [3.05, 3.63) is 57.3 Å². The first-order chi connectivity index (χ1) is 12.6. The zero-order chi connectivity index (χ0) is 18.0. The predicted octanol–water partition coefficient (Wildman–Crippen LogP) is 2.76. The molecule has 0 aliphatic carbocycles. The lowest BCUT2D eigenvalue weighted by molar-refractivity contribution is -0.126. The number of thiophene rings is 1. The van der Waals surface area contributed by atoms with Gasteiger partial charge >= 0.3 is 0 Å². The van der Waals surface area contributed by atoms with E-state index in [-0.39, 0.29) is 23.6 Å². The van der Waals surface area contributed by atoms with Crippen molar-refractivity contribution in [3.8, 4) is 0 Å². The molecule has 7 heteroatoms. The minimum absolute atomic E-state index is 0.126. The van der Waals surface area contributed by atoms with E-state index < -0.39 is 17.9 Å². The van der Waals surface area contributed by atoms with E-state index in [4.69, 9.17) is 11.6 Å². The molecule has 2 saturated heterocycles. The molecule has 4 heterocycles. The minimum atomic E-state index is -0.708. The van der Waals surface area contributed by atoms with Crippen LogP contribution in [0, 0.1) is 11.8 Å². The molecule has 26 heavy (non-hydrogen) atoms. The maximum atomic E-state index is 13.3. The molecule has 2 aromatic rings. The number of ketones is 1. The van der Waals surface area contributed by atoms with Crippen LogP contribution in [-0.2, 0) is 9.59 Å². The Bertz CT molecular complexity index is 985. The van der Waals surface area contributed by atoms with E-state index >= 15 is 0 Å². The van der Waals surface area contributed by atoms with Crippen molar-refractivity contribution in [2.24, 2.45) is 11.8 Å². The highest BCUT2D eigenvalue weighted by Crippen LogP contribution is 2.47. The number of imide groups is 1. The highest BCUT2D eigenvalue weighted by molar-refractivity contribution is 7.12. The van der Waals surface area contributed by atoms with Gasteiger partial charge in [0.15, 0.2) is 5.78 Å². The summed E-state index contributed by atoms with van der Waals surface area (Å²) in [6, 6.07) is 7.98. The summed E-state index contributed by atoms with van der Waals surface area (Å²) in [4.78, 5) is 40.7. The van der Waals surface area contributed by atoms with Gasteiger partial charge in [0.25, 0.3) is 0 Å². The Balaban J connectivity index is 1.69. The van der Waals surface area contributed by atoms with Gasteiger partial charge in [0.1, 0.15) is 6.04 Å². The summed E-state index contributed by atoms with van der Waals surface area (Å²) in [5.41, 5.74) is 1.71. The second-order valence-electron chi connectivity index (χ2n) is 6.65. The largest absolute Gasteiger partial charge is 0.352 e. The molecule has 4 atom stereocenters. The molecule has 0 bridgehead atoms. The quantitative estimate of drug-likeness (QED) is 0.638. The molecule has 1 aromatic carbocycles. The molecule has 2 amide bonds. The molecular formula is C19H13ClN2O3S. The van der Waals surface area contributed by atoms with Crippen LogP contribution in [0.1, 0.15) is 15.2 Å². The van der Waals surface area contributed by atoms with E-state index in [1.54, 1.807) is 12.1 Å². The standard InChI is InChI=1S/C19H13ClN2O3S/c20-10-4-6-11-9(8-10)3-5-12-14-15(19(25)21-18(14)24)16(22(11)12)17(23)13-2-1-7-26-13/h1-8,12,14-16H,(H,21,24,25)/t12-,14-,15+,16-/m1/s1. The molecule has 5 rings (SSSR count). The smallest absolute Gasteiger partial charge is 0.233 e. The molecule has 1 aromatic heterocycles. The third-order valence-corrected chi connectivity index (χ3v) is 6.46. The number of hydrogen-bond donors (Lipinski definition) is 1. The summed E-state index contributed by atoms with van der Waals surface area (Å²) in [7, 11) is 0. The van der Waals surface area contributed by atoms with Gasteiger partial charge in [-0.05, 0) is 35.2 Å². The lowest BCUT2D eigenvalue weighted by atomic mass is 9.87. The van der Waals surface area contributed by atoms with E-state index in [0.717, 1.165) is 11.3 Å². The second kappa shape index (κ2) is 5.53. The van der Waals surface area contributed by atoms with E-state index in [2.05, 4.69) is 5.32 Å². The van der Waals surface area contributed by atoms with Crippen molar-refractivity contribution < 1.29 is 14.4 Å². The van der Waals surface area contributed by atoms with Crippen molar-refractivity contribution in [1.82, 2.24) is 5.32 Å². The highest BCUT2D eigenvalue weighted by atomic mass is 35.5. The highest BCUT2D eigenvalue weighted by Gasteiger charge is 2.61. The summed E-state index contributed by atoms with van der Waals surface area (Å²) in [6.07, 6.45) is 3.81. The van der Waals surface area contributed by atoms with Crippen LogP contribution in [0.5, 0.6) is 0 Å². The maximum absolute atomic E-state index is 13.3. The number of amides is 2. The first-order valence-electron chi connectivity index (χ1n) is 8.25. The molecule has 0 unspecified atom stereocenters. The number of anilines is 1. The number of nitrogens with one attached hydrogen (secondary N) is 1. The Hall–Kier alpha value is -2.44. The van der Waals surface area contributed by atoms with Crippen molar-refractivity contribution in [2.75, 3.05) is 4.90 Å². The topological polar surface area (TPSA) is 66.5 Å². The third kappa shape index (κ3) is 2.06. The maximum Gasteiger partial charge on any atom is 0.233 e. The molecule has 2 fully saturated rings. The molecular weight excluding hydrogens is 372 g/mol. The van der Waals surface area contributed by atoms with Gasteiger partial charge in [-0.25, -0.2) is 0 Å². The van der Waals surface area contributed by atoms with E-state index in [9.17, 15) is 14.4 Å². The summed E-state index contributed by atoms with van der Waals surface area (Å²) in [6.45, 7) is 0. The summed E-state index contributed by atoms with van der Waals surface area (Å²) in [5.74, 6) is -2.05. The molecule has 1 N–H and O–H groups in total. The van der Waals surface area contributed by atoms with Crippen LogP contribution in [-0.4, -0.2) is 29.7 Å². The molecule has 0 saturated carbocycles. The van der Waals surface area contributed by atoms with Crippen molar-refractivity contribution in [2.45, 2.75) is 12.1 Å². The normalized spacial score (nSPS) is 28.6. The number of benzene rings is 1. The first kappa shape index (κ1) is 15.8. The Morgan fingerprint density at radius 1 is 1.15 bits per heavy atom. The van der Waals surface area contributed by atoms with Gasteiger partial charge in [-0.1, -0.05) is 29.8 Å². The average molecular weight is 385 g/mol. The van der Waals surface area contributed by atoms with Crippen LogP contribution < -0.4 is 10.2 Å². The number of rotatable bonds is 2. The Morgan fingerprint density at radius 3 is 2.73 bits per heavy atom. The summed E-state index contributed by atoms with van der Waals surface area (Å²) < 4.78 is 0. The molecule has 3 aliphatic rings. The van der Waals surface area contributed by atoms with Gasteiger partial charge in [0, 0.05) is 10.7 Å². The van der Waals surface area contributed by atoms with Crippen LogP contribution in [0.15, 0.2) is 41.8 Å². The molecule has 130 valence electrons. The Labute approximate surface area is 158 Å².